The Labute approximate surface area is 139 Å². The summed E-state index contributed by atoms with van der Waals surface area (Å²) < 4.78 is 5.07. The Morgan fingerprint density at radius 3 is 2.92 bits per heavy atom. The number of aromatic nitrogens is 1. The first-order chi connectivity index (χ1) is 11.6. The van der Waals surface area contributed by atoms with Crippen molar-refractivity contribution in [1.29, 1.82) is 0 Å². The number of ether oxygens (including phenoxy) is 1. The number of carbonyl (C=O) groups is 2. The van der Waals surface area contributed by atoms with E-state index in [9.17, 15) is 14.4 Å². The summed E-state index contributed by atoms with van der Waals surface area (Å²) in [4.78, 5) is 41.1. The highest BCUT2D eigenvalue weighted by molar-refractivity contribution is 6.06. The number of hydrogen-bond donors (Lipinski definition) is 1. The molecule has 0 saturated carbocycles. The Morgan fingerprint density at radius 1 is 1.33 bits per heavy atom. The Bertz CT molecular complexity index is 827. The quantitative estimate of drug-likeness (QED) is 0.873. The predicted octanol–water partition coefficient (Wildman–Crippen LogP) is 1.94. The van der Waals surface area contributed by atoms with Gasteiger partial charge in [-0.3, -0.25) is 14.4 Å². The molecule has 3 rings (SSSR count). The number of fused-ring (bicyclic) bond motifs is 1. The van der Waals surface area contributed by atoms with Crippen LogP contribution in [0.25, 0.3) is 10.9 Å². The van der Waals surface area contributed by atoms with Crippen LogP contribution < -0.4 is 5.56 Å². The molecule has 1 aromatic carbocycles. The summed E-state index contributed by atoms with van der Waals surface area (Å²) >= 11 is 0. The molecule has 1 fully saturated rings. The first kappa shape index (κ1) is 16.2. The van der Waals surface area contributed by atoms with E-state index in [0.29, 0.717) is 36.2 Å². The second-order valence-electron chi connectivity index (χ2n) is 5.94. The molecule has 24 heavy (non-hydrogen) atoms. The summed E-state index contributed by atoms with van der Waals surface area (Å²) in [5.74, 6) is -0.770. The molecule has 0 unspecified atom stereocenters. The topological polar surface area (TPSA) is 79.5 Å². The third kappa shape index (κ3) is 3.18. The van der Waals surface area contributed by atoms with Crippen molar-refractivity contribution in [2.75, 3.05) is 19.7 Å². The number of amides is 1. The Kier molecular flexibility index (Phi) is 4.64. The Hall–Kier alpha value is -2.63. The smallest absolute Gasteiger partial charge is 0.310 e. The van der Waals surface area contributed by atoms with Gasteiger partial charge in [0.05, 0.1) is 18.1 Å². The number of para-hydroxylation sites is 1. The standard InChI is InChI=1S/C18H20N2O4/c1-2-24-18(23)12-6-5-9-20(11-12)17(22)14-10-16(21)19-15-8-4-3-7-13(14)15/h3-4,7-8,10,12H,2,5-6,9,11H2,1H3,(H,19,21)/t12-/m0/s1. The molecule has 0 aliphatic carbocycles. The summed E-state index contributed by atoms with van der Waals surface area (Å²) in [6, 6.07) is 8.55. The maximum absolute atomic E-state index is 12.9. The third-order valence-electron chi connectivity index (χ3n) is 4.31. The number of likely N-dealkylation sites (tertiary alicyclic amines) is 1. The molecule has 1 aromatic heterocycles. The number of esters is 1. The zero-order valence-corrected chi connectivity index (χ0v) is 13.6. The summed E-state index contributed by atoms with van der Waals surface area (Å²) in [6.07, 6.45) is 1.47. The lowest BCUT2D eigenvalue weighted by Gasteiger charge is -2.31. The lowest BCUT2D eigenvalue weighted by atomic mass is 9.97. The number of rotatable bonds is 3. The van der Waals surface area contributed by atoms with Gasteiger partial charge < -0.3 is 14.6 Å². The van der Waals surface area contributed by atoms with Crippen molar-refractivity contribution in [2.45, 2.75) is 19.8 Å². The molecular weight excluding hydrogens is 308 g/mol. The van der Waals surface area contributed by atoms with Gasteiger partial charge in [-0.1, -0.05) is 18.2 Å². The fourth-order valence-electron chi connectivity index (χ4n) is 3.17. The molecule has 0 radical (unpaired) electrons. The minimum atomic E-state index is -0.309. The van der Waals surface area contributed by atoms with Crippen molar-refractivity contribution in [3.05, 3.63) is 46.2 Å². The predicted molar refractivity (Wildman–Crippen MR) is 89.8 cm³/mol. The normalized spacial score (nSPS) is 17.7. The fraction of sp³-hybridized carbons (Fsp3) is 0.389. The van der Waals surface area contributed by atoms with Crippen molar-refractivity contribution in [3.63, 3.8) is 0 Å². The van der Waals surface area contributed by atoms with Crippen LogP contribution >= 0.6 is 0 Å². The average Bonchev–Trinajstić information content (AvgIpc) is 2.60. The zero-order valence-electron chi connectivity index (χ0n) is 13.6. The molecule has 0 bridgehead atoms. The van der Waals surface area contributed by atoms with Crippen LogP contribution in [0.2, 0.25) is 0 Å². The molecule has 2 heterocycles. The van der Waals surface area contributed by atoms with Gasteiger partial charge in [-0.25, -0.2) is 0 Å². The molecule has 6 nitrogen and oxygen atoms in total. The Morgan fingerprint density at radius 2 is 2.12 bits per heavy atom. The highest BCUT2D eigenvalue weighted by Gasteiger charge is 2.30. The monoisotopic (exact) mass is 328 g/mol. The van der Waals surface area contributed by atoms with Gasteiger partial charge >= 0.3 is 5.97 Å². The highest BCUT2D eigenvalue weighted by Crippen LogP contribution is 2.22. The van der Waals surface area contributed by atoms with E-state index < -0.39 is 0 Å². The molecule has 126 valence electrons. The van der Waals surface area contributed by atoms with E-state index in [4.69, 9.17) is 4.74 Å². The lowest BCUT2D eigenvalue weighted by Crippen LogP contribution is -2.43. The van der Waals surface area contributed by atoms with Crippen LogP contribution in [0.3, 0.4) is 0 Å². The number of pyridine rings is 1. The largest absolute Gasteiger partial charge is 0.466 e. The number of piperidine rings is 1. The summed E-state index contributed by atoms with van der Waals surface area (Å²) in [5.41, 5.74) is 0.696. The van der Waals surface area contributed by atoms with E-state index in [-0.39, 0.29) is 23.4 Å². The van der Waals surface area contributed by atoms with Crippen molar-refractivity contribution in [3.8, 4) is 0 Å². The van der Waals surface area contributed by atoms with E-state index in [1.807, 2.05) is 18.2 Å². The van der Waals surface area contributed by atoms with Gasteiger partial charge in [-0.05, 0) is 25.8 Å². The average molecular weight is 328 g/mol. The fourth-order valence-corrected chi connectivity index (χ4v) is 3.17. The lowest BCUT2D eigenvalue weighted by molar-refractivity contribution is -0.149. The van der Waals surface area contributed by atoms with E-state index in [1.54, 1.807) is 17.9 Å². The highest BCUT2D eigenvalue weighted by atomic mass is 16.5. The van der Waals surface area contributed by atoms with E-state index >= 15 is 0 Å². The van der Waals surface area contributed by atoms with E-state index in [1.165, 1.54) is 6.07 Å². The molecule has 1 aliphatic rings. The SMILES string of the molecule is CCOC(=O)[C@H]1CCCN(C(=O)c2cc(=O)[nH]c3ccccc23)C1. The number of nitrogens with zero attached hydrogens (tertiary/aromatic N) is 1. The van der Waals surface area contributed by atoms with Crippen LogP contribution in [0.5, 0.6) is 0 Å². The van der Waals surface area contributed by atoms with Gasteiger partial charge in [0.2, 0.25) is 5.56 Å². The Balaban J connectivity index is 1.89. The number of carbonyl (C=O) groups excluding carboxylic acids is 2. The summed E-state index contributed by atoms with van der Waals surface area (Å²) in [6.45, 7) is 3.02. The number of hydrogen-bond acceptors (Lipinski definition) is 4. The molecule has 2 aromatic rings. The number of H-pyrrole nitrogens is 1. The van der Waals surface area contributed by atoms with Crippen LogP contribution in [-0.2, 0) is 9.53 Å². The van der Waals surface area contributed by atoms with Crippen molar-refractivity contribution in [2.24, 2.45) is 5.92 Å². The maximum Gasteiger partial charge on any atom is 0.310 e. The summed E-state index contributed by atoms with van der Waals surface area (Å²) in [7, 11) is 0. The van der Waals surface area contributed by atoms with Gasteiger partial charge in [-0.2, -0.15) is 0 Å². The van der Waals surface area contributed by atoms with Gasteiger partial charge in [0.25, 0.3) is 5.91 Å². The number of aromatic amines is 1. The van der Waals surface area contributed by atoms with E-state index in [2.05, 4.69) is 4.98 Å². The minimum Gasteiger partial charge on any atom is -0.466 e. The van der Waals surface area contributed by atoms with Crippen LogP contribution in [0.15, 0.2) is 35.1 Å². The van der Waals surface area contributed by atoms with Gasteiger partial charge in [0, 0.05) is 30.1 Å². The minimum absolute atomic E-state index is 0.216. The molecular formula is C18H20N2O4. The van der Waals surface area contributed by atoms with Gasteiger partial charge in [0.15, 0.2) is 0 Å². The first-order valence-electron chi connectivity index (χ1n) is 8.18. The summed E-state index contributed by atoms with van der Waals surface area (Å²) in [5, 5.41) is 0.709. The third-order valence-corrected chi connectivity index (χ3v) is 4.31. The van der Waals surface area contributed by atoms with Gasteiger partial charge in [-0.15, -0.1) is 0 Å². The molecule has 0 spiro atoms. The maximum atomic E-state index is 12.9. The number of benzene rings is 1. The van der Waals surface area contributed by atoms with Crippen LogP contribution in [0.1, 0.15) is 30.1 Å². The molecule has 1 N–H and O–H groups in total. The van der Waals surface area contributed by atoms with E-state index in [0.717, 1.165) is 12.8 Å². The van der Waals surface area contributed by atoms with Crippen LogP contribution in [0.4, 0.5) is 0 Å². The van der Waals surface area contributed by atoms with Crippen molar-refractivity contribution in [1.82, 2.24) is 9.88 Å². The molecule has 1 saturated heterocycles. The second-order valence-corrected chi connectivity index (χ2v) is 5.94. The van der Waals surface area contributed by atoms with Crippen LogP contribution in [0, 0.1) is 5.92 Å². The van der Waals surface area contributed by atoms with Gasteiger partial charge in [0.1, 0.15) is 0 Å². The molecule has 1 aliphatic heterocycles. The zero-order chi connectivity index (χ0) is 17.1. The molecule has 1 amide bonds. The van der Waals surface area contributed by atoms with Crippen LogP contribution in [-0.4, -0.2) is 41.5 Å². The second kappa shape index (κ2) is 6.86. The number of nitrogens with one attached hydrogen (secondary N) is 1. The van der Waals surface area contributed by atoms with Crippen molar-refractivity contribution < 1.29 is 14.3 Å². The molecule has 6 heteroatoms. The van der Waals surface area contributed by atoms with Crippen molar-refractivity contribution >= 4 is 22.8 Å². The molecule has 1 atom stereocenters. The first-order valence-corrected chi connectivity index (χ1v) is 8.18.